The summed E-state index contributed by atoms with van der Waals surface area (Å²) in [5.41, 5.74) is 0.0378. The predicted molar refractivity (Wildman–Crippen MR) is 46.8 cm³/mol. The van der Waals surface area contributed by atoms with Crippen LogP contribution in [0.3, 0.4) is 0 Å². The lowest BCUT2D eigenvalue weighted by atomic mass is 9.99. The quantitative estimate of drug-likeness (QED) is 0.622. The number of aliphatic hydroxyl groups excluding tert-OH is 1. The van der Waals surface area contributed by atoms with E-state index in [1.807, 2.05) is 0 Å². The molecule has 0 spiro atoms. The lowest BCUT2D eigenvalue weighted by Gasteiger charge is -2.26. The summed E-state index contributed by atoms with van der Waals surface area (Å²) in [5, 5.41) is 12.1. The normalized spacial score (nSPS) is 22.9. The number of hydrogen-bond acceptors (Lipinski definition) is 2. The molecule has 2 nitrogen and oxygen atoms in total. The van der Waals surface area contributed by atoms with Crippen LogP contribution in [0.1, 0.15) is 19.8 Å². The molecule has 0 bridgehead atoms. The minimum atomic E-state index is -0.859. The average molecular weight is 173 g/mol. The van der Waals surface area contributed by atoms with E-state index in [4.69, 9.17) is 5.11 Å². The minimum absolute atomic E-state index is 0.0378. The molecular weight excluding hydrogens is 157 g/mol. The van der Waals surface area contributed by atoms with Crippen LogP contribution in [0, 0.1) is 0 Å². The van der Waals surface area contributed by atoms with E-state index in [-0.39, 0.29) is 5.54 Å². The predicted octanol–water partition coefficient (Wildman–Crippen LogP) is 1.02. The molecule has 1 unspecified atom stereocenters. The van der Waals surface area contributed by atoms with Crippen molar-refractivity contribution in [2.75, 3.05) is 13.2 Å². The fourth-order valence-electron chi connectivity index (χ4n) is 1.33. The number of halogens is 1. The molecule has 0 aromatic rings. The van der Waals surface area contributed by atoms with Crippen LogP contribution in [0.5, 0.6) is 0 Å². The van der Waals surface area contributed by atoms with Gasteiger partial charge >= 0.3 is 0 Å². The van der Waals surface area contributed by atoms with Gasteiger partial charge in [-0.1, -0.05) is 12.2 Å². The molecule has 1 rings (SSSR count). The number of hydrogen-bond donors (Lipinski definition) is 2. The fourth-order valence-corrected chi connectivity index (χ4v) is 1.33. The average Bonchev–Trinajstić information content (AvgIpc) is 2.49. The SMILES string of the molecule is CC1(NCC(O)CF)CC=CC1. The molecule has 0 radical (unpaired) electrons. The van der Waals surface area contributed by atoms with Gasteiger partial charge in [-0.2, -0.15) is 0 Å². The van der Waals surface area contributed by atoms with Gasteiger partial charge in [0.2, 0.25) is 0 Å². The van der Waals surface area contributed by atoms with Gasteiger partial charge in [-0.05, 0) is 19.8 Å². The first kappa shape index (κ1) is 9.68. The van der Waals surface area contributed by atoms with Gasteiger partial charge in [0.25, 0.3) is 0 Å². The Morgan fingerprint density at radius 1 is 1.58 bits per heavy atom. The van der Waals surface area contributed by atoms with Crippen molar-refractivity contribution in [3.05, 3.63) is 12.2 Å². The Morgan fingerprint density at radius 3 is 2.67 bits per heavy atom. The molecule has 0 heterocycles. The molecule has 12 heavy (non-hydrogen) atoms. The van der Waals surface area contributed by atoms with Crippen LogP contribution in [0.15, 0.2) is 12.2 Å². The number of β-amino-alcohol motifs (C(OH)–C–C–N with tert-alkyl or cyclic N) is 1. The monoisotopic (exact) mass is 173 g/mol. The zero-order valence-electron chi connectivity index (χ0n) is 7.39. The Morgan fingerprint density at radius 2 is 2.17 bits per heavy atom. The summed E-state index contributed by atoms with van der Waals surface area (Å²) < 4.78 is 11.9. The maximum atomic E-state index is 11.9. The third-order valence-corrected chi connectivity index (χ3v) is 2.25. The summed E-state index contributed by atoms with van der Waals surface area (Å²) >= 11 is 0. The van der Waals surface area contributed by atoms with Crippen LogP contribution in [-0.2, 0) is 0 Å². The van der Waals surface area contributed by atoms with E-state index in [1.165, 1.54) is 0 Å². The molecule has 1 aliphatic rings. The number of aliphatic hydroxyl groups is 1. The summed E-state index contributed by atoms with van der Waals surface area (Å²) in [7, 11) is 0. The highest BCUT2D eigenvalue weighted by Gasteiger charge is 2.24. The first-order valence-electron chi connectivity index (χ1n) is 4.30. The van der Waals surface area contributed by atoms with Gasteiger partial charge in [0.05, 0.1) is 6.10 Å². The van der Waals surface area contributed by atoms with E-state index in [1.54, 1.807) is 0 Å². The first-order valence-corrected chi connectivity index (χ1v) is 4.30. The summed E-state index contributed by atoms with van der Waals surface area (Å²) in [6, 6.07) is 0. The fraction of sp³-hybridized carbons (Fsp3) is 0.778. The van der Waals surface area contributed by atoms with E-state index in [0.29, 0.717) is 6.54 Å². The molecule has 0 aromatic heterocycles. The largest absolute Gasteiger partial charge is 0.389 e. The maximum Gasteiger partial charge on any atom is 0.117 e. The van der Waals surface area contributed by atoms with Gasteiger partial charge in [0.1, 0.15) is 6.67 Å². The Labute approximate surface area is 72.5 Å². The van der Waals surface area contributed by atoms with Crippen molar-refractivity contribution in [1.82, 2.24) is 5.32 Å². The summed E-state index contributed by atoms with van der Waals surface area (Å²) in [4.78, 5) is 0. The molecule has 70 valence electrons. The number of rotatable bonds is 4. The Bertz CT molecular complexity index is 162. The van der Waals surface area contributed by atoms with Crippen molar-refractivity contribution in [2.45, 2.75) is 31.4 Å². The summed E-state index contributed by atoms with van der Waals surface area (Å²) in [6.45, 7) is 1.75. The van der Waals surface area contributed by atoms with E-state index in [2.05, 4.69) is 24.4 Å². The van der Waals surface area contributed by atoms with E-state index >= 15 is 0 Å². The number of nitrogens with one attached hydrogen (secondary N) is 1. The Kier molecular flexibility index (Phi) is 3.23. The molecule has 0 saturated heterocycles. The Hall–Kier alpha value is -0.410. The van der Waals surface area contributed by atoms with Gasteiger partial charge in [-0.25, -0.2) is 4.39 Å². The van der Waals surface area contributed by atoms with Crippen LogP contribution >= 0.6 is 0 Å². The molecule has 0 saturated carbocycles. The van der Waals surface area contributed by atoms with Gasteiger partial charge in [-0.15, -0.1) is 0 Å². The molecule has 1 aliphatic carbocycles. The van der Waals surface area contributed by atoms with Crippen LogP contribution in [0.25, 0.3) is 0 Å². The second-order valence-electron chi connectivity index (χ2n) is 3.63. The highest BCUT2D eigenvalue weighted by Crippen LogP contribution is 2.22. The molecule has 3 heteroatoms. The van der Waals surface area contributed by atoms with Crippen LogP contribution in [-0.4, -0.2) is 30.0 Å². The third kappa shape index (κ3) is 2.57. The summed E-state index contributed by atoms with van der Waals surface area (Å²) in [5.74, 6) is 0. The third-order valence-electron chi connectivity index (χ3n) is 2.25. The van der Waals surface area contributed by atoms with E-state index in [9.17, 15) is 4.39 Å². The Balaban J connectivity index is 2.22. The van der Waals surface area contributed by atoms with Crippen molar-refractivity contribution in [1.29, 1.82) is 0 Å². The van der Waals surface area contributed by atoms with Crippen LogP contribution in [0.2, 0.25) is 0 Å². The smallest absolute Gasteiger partial charge is 0.117 e. The van der Waals surface area contributed by atoms with Crippen LogP contribution in [0.4, 0.5) is 4.39 Å². The molecule has 0 aromatic carbocycles. The van der Waals surface area contributed by atoms with Crippen molar-refractivity contribution >= 4 is 0 Å². The molecular formula is C9H16FNO. The molecule has 0 fully saturated rings. The summed E-state index contributed by atoms with van der Waals surface area (Å²) in [6.07, 6.45) is 5.28. The number of alkyl halides is 1. The maximum absolute atomic E-state index is 11.9. The minimum Gasteiger partial charge on any atom is -0.389 e. The van der Waals surface area contributed by atoms with Crippen molar-refractivity contribution in [2.24, 2.45) is 0 Å². The second-order valence-corrected chi connectivity index (χ2v) is 3.63. The lowest BCUT2D eigenvalue weighted by Crippen LogP contribution is -2.44. The van der Waals surface area contributed by atoms with Crippen LogP contribution < -0.4 is 5.32 Å². The highest BCUT2D eigenvalue weighted by molar-refractivity contribution is 5.06. The highest BCUT2D eigenvalue weighted by atomic mass is 19.1. The zero-order chi connectivity index (χ0) is 9.03. The van der Waals surface area contributed by atoms with E-state index in [0.717, 1.165) is 12.8 Å². The van der Waals surface area contributed by atoms with Crippen molar-refractivity contribution in [3.8, 4) is 0 Å². The lowest BCUT2D eigenvalue weighted by molar-refractivity contribution is 0.127. The van der Waals surface area contributed by atoms with Gasteiger partial charge in [0, 0.05) is 12.1 Å². The molecule has 1 atom stereocenters. The molecule has 2 N–H and O–H groups in total. The van der Waals surface area contributed by atoms with E-state index < -0.39 is 12.8 Å². The first-order chi connectivity index (χ1) is 5.66. The topological polar surface area (TPSA) is 32.3 Å². The van der Waals surface area contributed by atoms with Gasteiger partial charge in [0.15, 0.2) is 0 Å². The van der Waals surface area contributed by atoms with Crippen molar-refractivity contribution < 1.29 is 9.50 Å². The van der Waals surface area contributed by atoms with Gasteiger partial charge in [-0.3, -0.25) is 0 Å². The van der Waals surface area contributed by atoms with Gasteiger partial charge < -0.3 is 10.4 Å². The van der Waals surface area contributed by atoms with Crippen molar-refractivity contribution in [3.63, 3.8) is 0 Å². The zero-order valence-corrected chi connectivity index (χ0v) is 7.39. The standard InChI is InChI=1S/C9H16FNO/c1-9(4-2-3-5-9)11-7-8(12)6-10/h2-3,8,11-12H,4-7H2,1H3. The molecule has 0 aliphatic heterocycles. The second kappa shape index (κ2) is 4.01. The molecule has 0 amide bonds.